The molecule has 2 aromatic heterocycles. The number of rotatable bonds is 7. The summed E-state index contributed by atoms with van der Waals surface area (Å²) in [5.41, 5.74) is 6.74. The fourth-order valence-electron chi connectivity index (χ4n) is 2.08. The van der Waals surface area contributed by atoms with Crippen LogP contribution >= 0.6 is 0 Å². The van der Waals surface area contributed by atoms with Crippen molar-refractivity contribution in [1.29, 1.82) is 0 Å². The highest BCUT2D eigenvalue weighted by Crippen LogP contribution is 2.13. The van der Waals surface area contributed by atoms with E-state index in [9.17, 15) is 9.90 Å². The Labute approximate surface area is 119 Å². The number of nitrogens with two attached hydrogens (primary N) is 1. The first-order valence-corrected chi connectivity index (χ1v) is 6.53. The Bertz CT molecular complexity index is 653. The molecule has 0 aliphatic rings. The lowest BCUT2D eigenvalue weighted by Crippen LogP contribution is -2.35. The molecule has 0 saturated heterocycles. The number of aliphatic hydroxyl groups is 3. The van der Waals surface area contributed by atoms with Gasteiger partial charge in [0.2, 0.25) is 5.95 Å². The van der Waals surface area contributed by atoms with Crippen molar-refractivity contribution in [1.82, 2.24) is 20.3 Å². The number of hydrogen-bond acceptors (Lipinski definition) is 7. The van der Waals surface area contributed by atoms with Gasteiger partial charge in [-0.2, -0.15) is 0 Å². The Morgan fingerprint density at radius 2 is 2.14 bits per heavy atom. The molecular weight excluding hydrogens is 278 g/mol. The molecule has 0 aromatic carbocycles. The van der Waals surface area contributed by atoms with Gasteiger partial charge in [-0.15, -0.1) is 0 Å². The lowest BCUT2D eigenvalue weighted by molar-refractivity contribution is 0.0228. The number of fused-ring (bicyclic) bond motifs is 1. The molecule has 0 radical (unpaired) electrons. The van der Waals surface area contributed by atoms with Crippen molar-refractivity contribution in [2.75, 3.05) is 25.5 Å². The molecule has 0 amide bonds. The minimum absolute atomic E-state index is 0.0392. The molecule has 9 heteroatoms. The van der Waals surface area contributed by atoms with Crippen LogP contribution in [0.1, 0.15) is 5.56 Å². The molecular formula is C12H19N5O4. The molecule has 0 bridgehead atoms. The van der Waals surface area contributed by atoms with E-state index >= 15 is 0 Å². The predicted molar refractivity (Wildman–Crippen MR) is 76.5 cm³/mol. The van der Waals surface area contributed by atoms with Crippen LogP contribution in [0.3, 0.4) is 0 Å². The van der Waals surface area contributed by atoms with Crippen molar-refractivity contribution in [3.8, 4) is 0 Å². The maximum atomic E-state index is 11.6. The van der Waals surface area contributed by atoms with E-state index in [1.165, 1.54) is 0 Å². The van der Waals surface area contributed by atoms with E-state index in [4.69, 9.17) is 15.9 Å². The molecule has 0 aliphatic heterocycles. The molecule has 9 nitrogen and oxygen atoms in total. The van der Waals surface area contributed by atoms with Crippen LogP contribution in [0.5, 0.6) is 0 Å². The second-order valence-electron chi connectivity index (χ2n) is 4.81. The van der Waals surface area contributed by atoms with Gasteiger partial charge >= 0.3 is 0 Å². The van der Waals surface area contributed by atoms with Crippen LogP contribution in [0.25, 0.3) is 11.0 Å². The zero-order valence-corrected chi connectivity index (χ0v) is 11.3. The summed E-state index contributed by atoms with van der Waals surface area (Å²) in [6.45, 7) is 0.0368. The van der Waals surface area contributed by atoms with Gasteiger partial charge in [0.25, 0.3) is 5.56 Å². The van der Waals surface area contributed by atoms with Gasteiger partial charge in [0.05, 0.1) is 12.7 Å². The minimum Gasteiger partial charge on any atom is -0.396 e. The van der Waals surface area contributed by atoms with Gasteiger partial charge in [0.15, 0.2) is 0 Å². The third kappa shape index (κ3) is 3.39. The number of anilines is 1. The van der Waals surface area contributed by atoms with Crippen LogP contribution in [0.15, 0.2) is 11.0 Å². The summed E-state index contributed by atoms with van der Waals surface area (Å²) in [5.74, 6) is -0.432. The lowest BCUT2D eigenvalue weighted by Gasteiger charge is -2.19. The molecule has 0 fully saturated rings. The van der Waals surface area contributed by atoms with Gasteiger partial charge in [0, 0.05) is 37.4 Å². The highest BCUT2D eigenvalue weighted by Gasteiger charge is 2.17. The van der Waals surface area contributed by atoms with Crippen molar-refractivity contribution in [2.24, 2.45) is 5.92 Å². The summed E-state index contributed by atoms with van der Waals surface area (Å²) in [6, 6.07) is 0. The van der Waals surface area contributed by atoms with E-state index in [-0.39, 0.29) is 18.1 Å². The predicted octanol–water partition coefficient (Wildman–Crippen LogP) is -2.12. The molecule has 21 heavy (non-hydrogen) atoms. The number of hydrogen-bond donors (Lipinski definition) is 7. The Morgan fingerprint density at radius 1 is 1.38 bits per heavy atom. The Kier molecular flexibility index (Phi) is 4.91. The highest BCUT2D eigenvalue weighted by atomic mass is 16.3. The SMILES string of the molecule is Nc1nc2c(CNC[C@H](CO)[C@H](O)CO)c[nH]c2c(=O)[nH]1. The summed E-state index contributed by atoms with van der Waals surface area (Å²) < 4.78 is 0. The maximum absolute atomic E-state index is 11.6. The van der Waals surface area contributed by atoms with Gasteiger partial charge in [-0.05, 0) is 0 Å². The second-order valence-corrected chi connectivity index (χ2v) is 4.81. The normalized spacial score (nSPS) is 14.4. The summed E-state index contributed by atoms with van der Waals surface area (Å²) in [4.78, 5) is 21.0. The lowest BCUT2D eigenvalue weighted by atomic mass is 10.0. The summed E-state index contributed by atoms with van der Waals surface area (Å²) in [7, 11) is 0. The standard InChI is InChI=1S/C12H19N5O4/c13-12-16-9-6(3-15-10(9)11(21)17-12)1-14-2-7(4-18)8(20)5-19/h3,7-8,14-15,18-20H,1-2,4-5H2,(H3,13,16,17,21)/t7-,8-/m1/s1. The van der Waals surface area contributed by atoms with Crippen LogP contribution in [-0.4, -0.2) is 56.1 Å². The fraction of sp³-hybridized carbons (Fsp3) is 0.500. The third-order valence-corrected chi connectivity index (χ3v) is 3.32. The summed E-state index contributed by atoms with van der Waals surface area (Å²) in [5, 5.41) is 30.5. The first kappa shape index (κ1) is 15.4. The number of aromatic amines is 2. The smallest absolute Gasteiger partial charge is 0.276 e. The number of nitrogens with one attached hydrogen (secondary N) is 3. The molecule has 2 aromatic rings. The Hall–Kier alpha value is -1.94. The van der Waals surface area contributed by atoms with E-state index in [0.717, 1.165) is 5.56 Å². The molecule has 2 atom stereocenters. The van der Waals surface area contributed by atoms with Crippen LogP contribution in [0, 0.1) is 5.92 Å². The van der Waals surface area contributed by atoms with Crippen LogP contribution in [0.2, 0.25) is 0 Å². The average molecular weight is 297 g/mol. The van der Waals surface area contributed by atoms with Crippen LogP contribution in [0.4, 0.5) is 5.95 Å². The quantitative estimate of drug-likeness (QED) is 0.307. The molecule has 0 unspecified atom stereocenters. The molecule has 2 heterocycles. The van der Waals surface area contributed by atoms with Crippen molar-refractivity contribution < 1.29 is 15.3 Å². The molecule has 8 N–H and O–H groups in total. The minimum atomic E-state index is -0.984. The maximum Gasteiger partial charge on any atom is 0.276 e. The highest BCUT2D eigenvalue weighted by molar-refractivity contribution is 5.78. The molecule has 0 spiro atoms. The first-order valence-electron chi connectivity index (χ1n) is 6.53. The molecule has 0 saturated carbocycles. The van der Waals surface area contributed by atoms with Crippen LogP contribution < -0.4 is 16.6 Å². The van der Waals surface area contributed by atoms with Crippen molar-refractivity contribution in [2.45, 2.75) is 12.6 Å². The monoisotopic (exact) mass is 297 g/mol. The number of aromatic nitrogens is 3. The number of H-pyrrole nitrogens is 2. The van der Waals surface area contributed by atoms with Crippen molar-refractivity contribution >= 4 is 17.0 Å². The zero-order valence-electron chi connectivity index (χ0n) is 11.3. The number of nitrogens with zero attached hydrogens (tertiary/aromatic N) is 1. The van der Waals surface area contributed by atoms with Gasteiger partial charge in [0.1, 0.15) is 11.0 Å². The van der Waals surface area contributed by atoms with E-state index in [1.807, 2.05) is 0 Å². The van der Waals surface area contributed by atoms with Gasteiger partial charge in [-0.3, -0.25) is 9.78 Å². The van der Waals surface area contributed by atoms with Crippen LogP contribution in [-0.2, 0) is 6.54 Å². The van der Waals surface area contributed by atoms with Gasteiger partial charge < -0.3 is 31.4 Å². The van der Waals surface area contributed by atoms with E-state index in [2.05, 4.69) is 20.3 Å². The van der Waals surface area contributed by atoms with Gasteiger partial charge in [-0.25, -0.2) is 4.98 Å². The summed E-state index contributed by atoms with van der Waals surface area (Å²) in [6.07, 6.45) is 0.664. The zero-order chi connectivity index (χ0) is 15.4. The summed E-state index contributed by atoms with van der Waals surface area (Å²) >= 11 is 0. The Morgan fingerprint density at radius 3 is 2.81 bits per heavy atom. The van der Waals surface area contributed by atoms with E-state index < -0.39 is 18.6 Å². The van der Waals surface area contributed by atoms with Crippen molar-refractivity contribution in [3.05, 3.63) is 22.1 Å². The third-order valence-electron chi connectivity index (χ3n) is 3.32. The number of nitrogen functional groups attached to an aromatic ring is 1. The van der Waals surface area contributed by atoms with E-state index in [1.54, 1.807) is 6.20 Å². The first-order chi connectivity index (χ1) is 10.1. The average Bonchev–Trinajstić information content (AvgIpc) is 2.86. The van der Waals surface area contributed by atoms with Gasteiger partial charge in [-0.1, -0.05) is 0 Å². The Balaban J connectivity index is 2.06. The largest absolute Gasteiger partial charge is 0.396 e. The molecule has 0 aliphatic carbocycles. The molecule has 116 valence electrons. The number of aliphatic hydroxyl groups excluding tert-OH is 3. The topological polar surface area (TPSA) is 160 Å². The second kappa shape index (κ2) is 6.68. The molecule has 2 rings (SSSR count). The fourth-order valence-corrected chi connectivity index (χ4v) is 2.08. The van der Waals surface area contributed by atoms with Crippen molar-refractivity contribution in [3.63, 3.8) is 0 Å². The van der Waals surface area contributed by atoms with E-state index in [0.29, 0.717) is 24.1 Å².